The Morgan fingerprint density at radius 2 is 2.26 bits per heavy atom. The molecule has 128 valence electrons. The van der Waals surface area contributed by atoms with Crippen LogP contribution in [0.25, 0.3) is 0 Å². The number of aromatic amines is 1. The van der Waals surface area contributed by atoms with Crippen molar-refractivity contribution in [3.8, 4) is 0 Å². The molecule has 1 saturated heterocycles. The van der Waals surface area contributed by atoms with Crippen molar-refractivity contribution in [3.05, 3.63) is 32.6 Å². The van der Waals surface area contributed by atoms with Crippen LogP contribution < -0.4 is 22.2 Å². The van der Waals surface area contributed by atoms with E-state index in [4.69, 9.17) is 14.4 Å². The molecule has 2 heterocycles. The maximum atomic E-state index is 11.8. The van der Waals surface area contributed by atoms with Crippen LogP contribution in [-0.4, -0.2) is 48.6 Å². The fourth-order valence-corrected chi connectivity index (χ4v) is 1.82. The number of rotatable bonds is 7. The highest BCUT2D eigenvalue weighted by atomic mass is 16.8. The van der Waals surface area contributed by atoms with Crippen molar-refractivity contribution in [2.75, 3.05) is 26.8 Å². The summed E-state index contributed by atoms with van der Waals surface area (Å²) in [5.41, 5.74) is 4.22. The molecular formula is C12H18N4O7. The van der Waals surface area contributed by atoms with Crippen LogP contribution in [0.5, 0.6) is 0 Å². The minimum absolute atomic E-state index is 0.120. The number of ether oxygens (including phenoxy) is 3. The van der Waals surface area contributed by atoms with E-state index in [0.717, 1.165) is 0 Å². The van der Waals surface area contributed by atoms with E-state index in [1.54, 1.807) is 6.92 Å². The van der Waals surface area contributed by atoms with Crippen LogP contribution in [0, 0.1) is 6.92 Å². The summed E-state index contributed by atoms with van der Waals surface area (Å²) in [5, 5.41) is 0. The quantitative estimate of drug-likeness (QED) is 0.292. The lowest BCUT2D eigenvalue weighted by molar-refractivity contribution is -0.147. The Labute approximate surface area is 130 Å². The predicted molar refractivity (Wildman–Crippen MR) is 75.0 cm³/mol. The van der Waals surface area contributed by atoms with Crippen molar-refractivity contribution in [1.29, 1.82) is 0 Å². The first-order valence-electron chi connectivity index (χ1n) is 6.78. The van der Waals surface area contributed by atoms with E-state index < -0.39 is 29.7 Å². The lowest BCUT2D eigenvalue weighted by Crippen LogP contribution is -2.36. The van der Waals surface area contributed by atoms with Crippen molar-refractivity contribution in [3.63, 3.8) is 0 Å². The molecule has 1 aromatic rings. The first kappa shape index (κ1) is 17.3. The molecule has 0 bridgehead atoms. The second kappa shape index (κ2) is 7.99. The van der Waals surface area contributed by atoms with Gasteiger partial charge < -0.3 is 14.2 Å². The molecule has 2 atom stereocenters. The van der Waals surface area contributed by atoms with Gasteiger partial charge in [0, 0.05) is 11.8 Å². The first-order valence-corrected chi connectivity index (χ1v) is 6.78. The van der Waals surface area contributed by atoms with Gasteiger partial charge in [0.1, 0.15) is 6.54 Å². The molecule has 11 nitrogen and oxygen atoms in total. The number of nitrogens with zero attached hydrogens (tertiary/aromatic N) is 1. The van der Waals surface area contributed by atoms with E-state index in [9.17, 15) is 14.4 Å². The van der Waals surface area contributed by atoms with Gasteiger partial charge in [0.15, 0.2) is 12.5 Å². The van der Waals surface area contributed by atoms with E-state index in [0.29, 0.717) is 5.56 Å². The number of aromatic nitrogens is 2. The summed E-state index contributed by atoms with van der Waals surface area (Å²) in [6, 6.07) is 0. The Balaban J connectivity index is 1.78. The van der Waals surface area contributed by atoms with Gasteiger partial charge in [0.2, 0.25) is 0 Å². The summed E-state index contributed by atoms with van der Waals surface area (Å²) >= 11 is 0. The van der Waals surface area contributed by atoms with E-state index in [1.807, 2.05) is 0 Å². The van der Waals surface area contributed by atoms with Crippen LogP contribution in [0.2, 0.25) is 0 Å². The molecule has 11 heteroatoms. The van der Waals surface area contributed by atoms with Crippen molar-refractivity contribution in [2.45, 2.75) is 19.4 Å². The van der Waals surface area contributed by atoms with Crippen LogP contribution in [0.1, 0.15) is 11.8 Å². The van der Waals surface area contributed by atoms with Gasteiger partial charge in [0.05, 0.1) is 20.3 Å². The predicted octanol–water partition coefficient (Wildman–Crippen LogP) is -2.08. The summed E-state index contributed by atoms with van der Waals surface area (Å²) in [6.07, 6.45) is 0.117. The maximum absolute atomic E-state index is 11.8. The van der Waals surface area contributed by atoms with Gasteiger partial charge in [-0.3, -0.25) is 19.1 Å². The highest BCUT2D eigenvalue weighted by molar-refractivity contribution is 5.71. The van der Waals surface area contributed by atoms with E-state index in [-0.39, 0.29) is 19.7 Å². The molecule has 3 N–H and O–H groups in total. The molecule has 0 radical (unpaired) electrons. The summed E-state index contributed by atoms with van der Waals surface area (Å²) in [4.78, 5) is 40.9. The lowest BCUT2D eigenvalue weighted by atomic mass is 10.4. The third kappa shape index (κ3) is 4.71. The summed E-state index contributed by atoms with van der Waals surface area (Å²) in [6.45, 7) is 1.77. The van der Waals surface area contributed by atoms with E-state index in [1.165, 1.54) is 17.9 Å². The van der Waals surface area contributed by atoms with Gasteiger partial charge in [-0.25, -0.2) is 9.73 Å². The molecule has 23 heavy (non-hydrogen) atoms. The van der Waals surface area contributed by atoms with Crippen molar-refractivity contribution in [2.24, 2.45) is 0 Å². The Morgan fingerprint density at radius 1 is 1.48 bits per heavy atom. The van der Waals surface area contributed by atoms with Gasteiger partial charge in [-0.2, -0.15) is 11.0 Å². The molecule has 0 aromatic carbocycles. The Morgan fingerprint density at radius 3 is 3.00 bits per heavy atom. The Bertz CT molecular complexity index is 656. The van der Waals surface area contributed by atoms with Crippen LogP contribution in [0.3, 0.4) is 0 Å². The zero-order valence-electron chi connectivity index (χ0n) is 12.7. The number of hydrogen-bond donors (Lipinski definition) is 3. The number of esters is 1. The maximum Gasteiger partial charge on any atom is 0.330 e. The number of hydrogen-bond acceptors (Lipinski definition) is 9. The topological polar surface area (TPSA) is 133 Å². The largest absolute Gasteiger partial charge is 0.468 e. The minimum Gasteiger partial charge on any atom is -0.468 e. The standard InChI is InChI=1S/C12H18N4O7/c1-7-5-16(12(19)15-11(7)18)8-6-21-10(22-8)4-14-23-13-3-9(17)20-2/h5,8,10,13-14H,3-4,6H2,1-2H3,(H,15,18,19). The van der Waals surface area contributed by atoms with E-state index in [2.05, 4.69) is 20.7 Å². The second-order valence-corrected chi connectivity index (χ2v) is 4.68. The average molecular weight is 330 g/mol. The smallest absolute Gasteiger partial charge is 0.330 e. The number of hydroxylamine groups is 2. The molecule has 1 fully saturated rings. The van der Waals surface area contributed by atoms with Crippen molar-refractivity contribution < 1.29 is 23.9 Å². The Kier molecular flexibility index (Phi) is 6.01. The van der Waals surface area contributed by atoms with Gasteiger partial charge >= 0.3 is 11.7 Å². The number of H-pyrrole nitrogens is 1. The number of nitrogens with one attached hydrogen (secondary N) is 3. The molecular weight excluding hydrogens is 312 g/mol. The molecule has 0 amide bonds. The van der Waals surface area contributed by atoms with Gasteiger partial charge in [-0.15, -0.1) is 0 Å². The van der Waals surface area contributed by atoms with Gasteiger partial charge in [-0.1, -0.05) is 0 Å². The monoisotopic (exact) mass is 330 g/mol. The molecule has 1 aliphatic rings. The highest BCUT2D eigenvalue weighted by Gasteiger charge is 2.28. The van der Waals surface area contributed by atoms with Crippen LogP contribution >= 0.6 is 0 Å². The third-order valence-corrected chi connectivity index (χ3v) is 3.03. The first-order chi connectivity index (χ1) is 11.0. The lowest BCUT2D eigenvalue weighted by Gasteiger charge is -2.14. The molecule has 1 aliphatic heterocycles. The average Bonchev–Trinajstić information content (AvgIpc) is 2.99. The summed E-state index contributed by atoms with van der Waals surface area (Å²) < 4.78 is 16.6. The molecule has 2 unspecified atom stereocenters. The molecule has 1 aromatic heterocycles. The van der Waals surface area contributed by atoms with E-state index >= 15 is 0 Å². The number of methoxy groups -OCH3 is 1. The fraction of sp³-hybridized carbons (Fsp3) is 0.583. The Hall–Kier alpha value is -2.05. The normalized spacial score (nSPS) is 20.6. The SMILES string of the molecule is COC(=O)CNONCC1OCC(n2cc(C)c(=O)[nH]c2=O)O1. The number of carbonyl (C=O) groups is 1. The van der Waals surface area contributed by atoms with Crippen LogP contribution in [-0.2, 0) is 23.9 Å². The zero-order valence-corrected chi connectivity index (χ0v) is 12.7. The highest BCUT2D eigenvalue weighted by Crippen LogP contribution is 2.18. The molecule has 0 aliphatic carbocycles. The summed E-state index contributed by atoms with van der Waals surface area (Å²) in [5.74, 6) is -0.479. The zero-order chi connectivity index (χ0) is 16.8. The molecule has 0 spiro atoms. The van der Waals surface area contributed by atoms with Crippen molar-refractivity contribution in [1.82, 2.24) is 20.5 Å². The number of carbonyl (C=O) groups excluding carboxylic acids is 1. The second-order valence-electron chi connectivity index (χ2n) is 4.68. The molecule has 0 saturated carbocycles. The summed E-state index contributed by atoms with van der Waals surface area (Å²) in [7, 11) is 1.26. The minimum atomic E-state index is -0.654. The number of aryl methyl sites for hydroxylation is 1. The van der Waals surface area contributed by atoms with Crippen LogP contribution in [0.15, 0.2) is 15.8 Å². The van der Waals surface area contributed by atoms with Gasteiger partial charge in [-0.05, 0) is 6.92 Å². The fourth-order valence-electron chi connectivity index (χ4n) is 1.82. The van der Waals surface area contributed by atoms with Gasteiger partial charge in [0.25, 0.3) is 5.56 Å². The third-order valence-electron chi connectivity index (χ3n) is 3.03. The van der Waals surface area contributed by atoms with Crippen LogP contribution in [0.4, 0.5) is 0 Å². The molecule has 2 rings (SSSR count). The van der Waals surface area contributed by atoms with Crippen molar-refractivity contribution >= 4 is 5.97 Å².